The summed E-state index contributed by atoms with van der Waals surface area (Å²) in [7, 11) is 2.17. The summed E-state index contributed by atoms with van der Waals surface area (Å²) in [5, 5.41) is 10.8. The fourth-order valence-electron chi connectivity index (χ4n) is 8.13. The Hall–Kier alpha value is -4.38. The first-order chi connectivity index (χ1) is 25.4. The Bertz CT molecular complexity index is 1970. The molecule has 1 unspecified atom stereocenters. The van der Waals surface area contributed by atoms with Gasteiger partial charge < -0.3 is 29.1 Å². The molecule has 1 saturated heterocycles. The van der Waals surface area contributed by atoms with Crippen molar-refractivity contribution in [3.05, 3.63) is 88.1 Å². The van der Waals surface area contributed by atoms with Crippen LogP contribution in [0.4, 0.5) is 5.82 Å². The Morgan fingerprint density at radius 3 is 2.49 bits per heavy atom. The number of hydrogen-bond acceptors (Lipinski definition) is 9. The van der Waals surface area contributed by atoms with Crippen LogP contribution in [0, 0.1) is 19.8 Å². The van der Waals surface area contributed by atoms with Gasteiger partial charge in [0.2, 0.25) is 0 Å². The maximum Gasteiger partial charge on any atom is 0.337 e. The van der Waals surface area contributed by atoms with E-state index < -0.39 is 17.7 Å². The lowest BCUT2D eigenvalue weighted by molar-refractivity contribution is -0.160. The van der Waals surface area contributed by atoms with E-state index in [9.17, 15) is 9.90 Å². The van der Waals surface area contributed by atoms with Gasteiger partial charge in [0.25, 0.3) is 0 Å². The number of aromatic nitrogens is 3. The molecule has 4 aromatic rings. The smallest absolute Gasteiger partial charge is 0.337 e. The van der Waals surface area contributed by atoms with E-state index >= 15 is 0 Å². The number of pyridine rings is 1. The molecule has 5 heterocycles. The Morgan fingerprint density at radius 2 is 1.74 bits per heavy atom. The van der Waals surface area contributed by atoms with Crippen LogP contribution in [0.3, 0.4) is 0 Å². The number of benzene rings is 2. The summed E-state index contributed by atoms with van der Waals surface area (Å²) >= 11 is 0. The summed E-state index contributed by atoms with van der Waals surface area (Å²) in [6.07, 6.45) is 5.20. The van der Waals surface area contributed by atoms with Gasteiger partial charge in [-0.1, -0.05) is 24.3 Å². The Balaban J connectivity index is 1.40. The molecule has 3 aliphatic heterocycles. The van der Waals surface area contributed by atoms with Crippen molar-refractivity contribution in [2.75, 3.05) is 44.9 Å². The first kappa shape index (κ1) is 37.0. The third-order valence-electron chi connectivity index (χ3n) is 10.6. The molecule has 0 amide bonds. The highest BCUT2D eigenvalue weighted by atomic mass is 16.5. The summed E-state index contributed by atoms with van der Waals surface area (Å²) in [5.41, 5.74) is 9.89. The van der Waals surface area contributed by atoms with Crippen LogP contribution in [0.2, 0.25) is 0 Å². The number of carboxylic acid groups (broad SMARTS) is 1. The van der Waals surface area contributed by atoms with Crippen LogP contribution in [0.5, 0.6) is 5.75 Å². The SMILES string of the molecule is Cc1cc(N2CCc3cc(-c4c(CN(C)CC5CCOCC5)nc(C)c(C(OC(C)(C)C)C(=O)O)c4-c4ccc5c(c4)CCCO5)ccc3C2)ncn1. The molecular formula is C43H53N5O5. The molecule has 2 aromatic carbocycles. The van der Waals surface area contributed by atoms with Gasteiger partial charge in [-0.05, 0) is 125 Å². The highest BCUT2D eigenvalue weighted by Crippen LogP contribution is 2.45. The summed E-state index contributed by atoms with van der Waals surface area (Å²) in [6.45, 7) is 15.1. The van der Waals surface area contributed by atoms with Gasteiger partial charge in [-0.3, -0.25) is 4.98 Å². The number of rotatable bonds is 10. The number of carbonyl (C=O) groups is 1. The topological polar surface area (TPSA) is 110 Å². The van der Waals surface area contributed by atoms with Crippen molar-refractivity contribution in [2.24, 2.45) is 5.92 Å². The van der Waals surface area contributed by atoms with E-state index in [4.69, 9.17) is 19.2 Å². The van der Waals surface area contributed by atoms with Crippen LogP contribution in [0.15, 0.2) is 48.8 Å². The van der Waals surface area contributed by atoms with Crippen LogP contribution in [0.1, 0.15) is 85.5 Å². The largest absolute Gasteiger partial charge is 0.493 e. The van der Waals surface area contributed by atoms with Crippen molar-refractivity contribution in [3.8, 4) is 28.0 Å². The minimum atomic E-state index is -1.22. The van der Waals surface area contributed by atoms with Gasteiger partial charge in [0, 0.05) is 68.0 Å². The molecule has 2 aromatic heterocycles. The first-order valence-electron chi connectivity index (χ1n) is 19.1. The quantitative estimate of drug-likeness (QED) is 0.177. The molecule has 0 aliphatic carbocycles. The molecule has 0 bridgehead atoms. The van der Waals surface area contributed by atoms with Gasteiger partial charge in [-0.25, -0.2) is 14.8 Å². The number of aryl methyl sites for hydroxylation is 3. The Kier molecular flexibility index (Phi) is 10.8. The maximum absolute atomic E-state index is 13.2. The predicted octanol–water partition coefficient (Wildman–Crippen LogP) is 7.51. The number of fused-ring (bicyclic) bond motifs is 2. The van der Waals surface area contributed by atoms with E-state index in [1.807, 2.05) is 46.8 Å². The summed E-state index contributed by atoms with van der Waals surface area (Å²) < 4.78 is 18.1. The lowest BCUT2D eigenvalue weighted by Gasteiger charge is -2.32. The second kappa shape index (κ2) is 15.5. The Labute approximate surface area is 313 Å². The van der Waals surface area contributed by atoms with E-state index in [0.29, 0.717) is 30.3 Å². The zero-order valence-corrected chi connectivity index (χ0v) is 32.1. The number of carboxylic acids is 1. The molecule has 3 aliphatic rings. The van der Waals surface area contributed by atoms with Gasteiger partial charge in [0.05, 0.1) is 17.9 Å². The van der Waals surface area contributed by atoms with Gasteiger partial charge in [-0.2, -0.15) is 0 Å². The predicted molar refractivity (Wildman–Crippen MR) is 206 cm³/mol. The molecule has 0 radical (unpaired) electrons. The number of nitrogens with zero attached hydrogens (tertiary/aromatic N) is 5. The Morgan fingerprint density at radius 1 is 0.981 bits per heavy atom. The minimum absolute atomic E-state index is 0.555. The molecule has 1 N–H and O–H groups in total. The summed E-state index contributed by atoms with van der Waals surface area (Å²) in [6, 6.07) is 15.1. The van der Waals surface area contributed by atoms with Gasteiger partial charge in [-0.15, -0.1) is 0 Å². The molecule has 1 fully saturated rings. The third-order valence-corrected chi connectivity index (χ3v) is 10.6. The molecule has 1 atom stereocenters. The highest BCUT2D eigenvalue weighted by molar-refractivity contribution is 5.91. The third kappa shape index (κ3) is 8.40. The lowest BCUT2D eigenvalue weighted by Crippen LogP contribution is -2.31. The summed E-state index contributed by atoms with van der Waals surface area (Å²) in [4.78, 5) is 32.1. The van der Waals surface area contributed by atoms with Crippen LogP contribution in [-0.2, 0) is 40.2 Å². The van der Waals surface area contributed by atoms with Crippen molar-refractivity contribution in [1.29, 1.82) is 0 Å². The maximum atomic E-state index is 13.2. The molecule has 0 spiro atoms. The number of ether oxygens (including phenoxy) is 3. The number of anilines is 1. The van der Waals surface area contributed by atoms with E-state index in [-0.39, 0.29) is 0 Å². The van der Waals surface area contributed by atoms with Gasteiger partial charge >= 0.3 is 5.97 Å². The molecule has 10 heteroatoms. The zero-order valence-electron chi connectivity index (χ0n) is 32.1. The minimum Gasteiger partial charge on any atom is -0.493 e. The fourth-order valence-corrected chi connectivity index (χ4v) is 8.13. The van der Waals surface area contributed by atoms with Crippen molar-refractivity contribution in [2.45, 2.75) is 91.5 Å². The highest BCUT2D eigenvalue weighted by Gasteiger charge is 2.35. The second-order valence-electron chi connectivity index (χ2n) is 16.0. The van der Waals surface area contributed by atoms with E-state index in [1.165, 1.54) is 11.1 Å². The molecule has 7 rings (SSSR count). The molecule has 280 valence electrons. The van der Waals surface area contributed by atoms with Crippen LogP contribution in [-0.4, -0.2) is 76.5 Å². The average Bonchev–Trinajstić information content (AvgIpc) is 3.13. The van der Waals surface area contributed by atoms with Crippen molar-refractivity contribution in [1.82, 2.24) is 19.9 Å². The molecule has 53 heavy (non-hydrogen) atoms. The second-order valence-corrected chi connectivity index (χ2v) is 16.0. The van der Waals surface area contributed by atoms with Crippen molar-refractivity contribution >= 4 is 11.8 Å². The number of hydrogen-bond donors (Lipinski definition) is 1. The summed E-state index contributed by atoms with van der Waals surface area (Å²) in [5.74, 6) is 1.35. The van der Waals surface area contributed by atoms with Crippen LogP contribution in [0.25, 0.3) is 22.3 Å². The van der Waals surface area contributed by atoms with E-state index in [1.54, 1.807) is 6.33 Å². The fraction of sp³-hybridized carbons (Fsp3) is 0.488. The normalized spacial score (nSPS) is 16.9. The van der Waals surface area contributed by atoms with Crippen molar-refractivity contribution < 1.29 is 24.1 Å². The molecule has 0 saturated carbocycles. The van der Waals surface area contributed by atoms with Crippen LogP contribution >= 0.6 is 0 Å². The number of aliphatic carboxylic acids is 1. The molecular weight excluding hydrogens is 667 g/mol. The average molecular weight is 720 g/mol. The lowest BCUT2D eigenvalue weighted by atomic mass is 9.84. The first-order valence-corrected chi connectivity index (χ1v) is 19.1. The monoisotopic (exact) mass is 719 g/mol. The van der Waals surface area contributed by atoms with E-state index in [0.717, 1.165) is 116 Å². The zero-order chi connectivity index (χ0) is 37.3. The van der Waals surface area contributed by atoms with Gasteiger partial charge in [0.1, 0.15) is 17.9 Å². The van der Waals surface area contributed by atoms with Gasteiger partial charge in [0.15, 0.2) is 6.10 Å². The molecule has 10 nitrogen and oxygen atoms in total. The van der Waals surface area contributed by atoms with Crippen LogP contribution < -0.4 is 9.64 Å². The van der Waals surface area contributed by atoms with Crippen molar-refractivity contribution in [3.63, 3.8) is 0 Å². The van der Waals surface area contributed by atoms with E-state index in [2.05, 4.69) is 57.1 Å². The standard InChI is InChI=1S/C43H53N5O5/c1-27-20-37(45-26-44-27)48-16-13-30-21-32(9-10-34(30)24-48)39-35(25-47(6)23-29-14-18-51-19-15-29)46-28(2)38(41(42(49)50)53-43(3,4)5)40(39)33-11-12-36-31(22-33)8-7-17-52-36/h9-12,20-22,26,29,41H,7-8,13-19,23-25H2,1-6H3,(H,49,50).